The number of nitrogens with one attached hydrogen (secondary N) is 3. The molecule has 4 heterocycles. The number of pyridine rings is 1. The Hall–Kier alpha value is -2.67. The lowest BCUT2D eigenvalue weighted by atomic mass is 10.1. The first-order valence-corrected chi connectivity index (χ1v) is 7.20. The van der Waals surface area contributed by atoms with E-state index in [0.29, 0.717) is 17.0 Å². The SMILES string of the molecule is O=c1cc(-c2c[nH]c3ncc(OC4CCNC4)nc23)cc[nH]1. The van der Waals surface area contributed by atoms with Crippen LogP contribution in [-0.4, -0.2) is 39.1 Å². The van der Waals surface area contributed by atoms with Crippen LogP contribution in [0.2, 0.25) is 0 Å². The third-order valence-electron chi connectivity index (χ3n) is 3.75. The Morgan fingerprint density at radius 1 is 1.32 bits per heavy atom. The van der Waals surface area contributed by atoms with Crippen molar-refractivity contribution in [3.05, 3.63) is 41.1 Å². The summed E-state index contributed by atoms with van der Waals surface area (Å²) in [4.78, 5) is 26.1. The van der Waals surface area contributed by atoms with Crippen molar-refractivity contribution in [1.82, 2.24) is 25.3 Å². The molecule has 0 aromatic carbocycles. The van der Waals surface area contributed by atoms with Gasteiger partial charge in [0.25, 0.3) is 0 Å². The molecule has 0 aliphatic carbocycles. The zero-order chi connectivity index (χ0) is 14.9. The predicted octanol–water partition coefficient (Wildman–Crippen LogP) is 1.05. The van der Waals surface area contributed by atoms with E-state index in [2.05, 4.69) is 25.3 Å². The summed E-state index contributed by atoms with van der Waals surface area (Å²) < 4.78 is 5.85. The Labute approximate surface area is 125 Å². The standard InChI is InChI=1S/C15H15N5O2/c21-12-5-9(1-4-17-12)11-7-18-15-14(11)20-13(8-19-15)22-10-2-3-16-6-10/h1,4-5,7-8,10,16H,2-3,6H2,(H,17,21)(H,18,19). The van der Waals surface area contributed by atoms with Crippen LogP contribution < -0.4 is 15.6 Å². The topological polar surface area (TPSA) is 95.7 Å². The minimum absolute atomic E-state index is 0.133. The molecule has 7 nitrogen and oxygen atoms in total. The summed E-state index contributed by atoms with van der Waals surface area (Å²) in [5, 5.41) is 3.25. The molecule has 4 rings (SSSR count). The van der Waals surface area contributed by atoms with E-state index in [9.17, 15) is 4.79 Å². The van der Waals surface area contributed by atoms with Crippen LogP contribution >= 0.6 is 0 Å². The molecule has 1 unspecified atom stereocenters. The molecule has 3 N–H and O–H groups in total. The van der Waals surface area contributed by atoms with E-state index in [1.54, 1.807) is 24.7 Å². The molecule has 7 heteroatoms. The number of aromatic amines is 2. The first-order chi connectivity index (χ1) is 10.8. The monoisotopic (exact) mass is 297 g/mol. The summed E-state index contributed by atoms with van der Waals surface area (Å²) in [6.45, 7) is 1.79. The molecule has 1 atom stereocenters. The highest BCUT2D eigenvalue weighted by molar-refractivity contribution is 5.90. The van der Waals surface area contributed by atoms with Crippen LogP contribution in [0, 0.1) is 0 Å². The van der Waals surface area contributed by atoms with Crippen molar-refractivity contribution in [3.63, 3.8) is 0 Å². The smallest absolute Gasteiger partial charge is 0.248 e. The van der Waals surface area contributed by atoms with Crippen LogP contribution in [0.4, 0.5) is 0 Å². The second kappa shape index (κ2) is 5.27. The summed E-state index contributed by atoms with van der Waals surface area (Å²) in [6.07, 6.45) is 6.15. The van der Waals surface area contributed by atoms with Crippen LogP contribution in [0.25, 0.3) is 22.3 Å². The number of fused-ring (bicyclic) bond motifs is 1. The number of nitrogens with zero attached hydrogens (tertiary/aromatic N) is 2. The fourth-order valence-corrected chi connectivity index (χ4v) is 2.66. The Bertz CT molecular complexity index is 863. The second-order valence-electron chi connectivity index (χ2n) is 5.28. The molecule has 1 aliphatic rings. The highest BCUT2D eigenvalue weighted by atomic mass is 16.5. The van der Waals surface area contributed by atoms with E-state index in [1.807, 2.05) is 6.07 Å². The van der Waals surface area contributed by atoms with Gasteiger partial charge in [-0.25, -0.2) is 9.97 Å². The second-order valence-corrected chi connectivity index (χ2v) is 5.28. The van der Waals surface area contributed by atoms with E-state index in [-0.39, 0.29) is 11.7 Å². The van der Waals surface area contributed by atoms with Crippen molar-refractivity contribution in [2.75, 3.05) is 13.1 Å². The number of ether oxygens (including phenoxy) is 1. The van der Waals surface area contributed by atoms with E-state index in [1.165, 1.54) is 0 Å². The quantitative estimate of drug-likeness (QED) is 0.671. The van der Waals surface area contributed by atoms with Crippen molar-refractivity contribution in [3.8, 4) is 17.0 Å². The molecular weight excluding hydrogens is 282 g/mol. The number of hydrogen-bond acceptors (Lipinski definition) is 5. The van der Waals surface area contributed by atoms with Crippen LogP contribution in [0.5, 0.6) is 5.88 Å². The molecule has 0 saturated carbocycles. The Kier molecular flexibility index (Phi) is 3.12. The van der Waals surface area contributed by atoms with Gasteiger partial charge in [0.2, 0.25) is 11.4 Å². The van der Waals surface area contributed by atoms with E-state index in [0.717, 1.165) is 30.6 Å². The summed E-state index contributed by atoms with van der Waals surface area (Å²) in [7, 11) is 0. The first-order valence-electron chi connectivity index (χ1n) is 7.20. The molecule has 3 aromatic rings. The fraction of sp³-hybridized carbons (Fsp3) is 0.267. The molecule has 0 spiro atoms. The normalized spacial score (nSPS) is 17.9. The van der Waals surface area contributed by atoms with Crippen molar-refractivity contribution in [2.45, 2.75) is 12.5 Å². The van der Waals surface area contributed by atoms with Gasteiger partial charge in [-0.05, 0) is 24.6 Å². The minimum Gasteiger partial charge on any atom is -0.472 e. The van der Waals surface area contributed by atoms with Crippen LogP contribution in [0.15, 0.2) is 35.5 Å². The molecule has 1 saturated heterocycles. The molecule has 0 radical (unpaired) electrons. The summed E-state index contributed by atoms with van der Waals surface area (Å²) in [5.41, 5.74) is 2.86. The molecule has 0 bridgehead atoms. The molecule has 1 fully saturated rings. The molecule has 112 valence electrons. The third kappa shape index (κ3) is 2.35. The van der Waals surface area contributed by atoms with Crippen molar-refractivity contribution in [1.29, 1.82) is 0 Å². The average Bonchev–Trinajstić information content (AvgIpc) is 3.16. The van der Waals surface area contributed by atoms with E-state index in [4.69, 9.17) is 4.74 Å². The van der Waals surface area contributed by atoms with Gasteiger partial charge >= 0.3 is 0 Å². The van der Waals surface area contributed by atoms with Crippen molar-refractivity contribution >= 4 is 11.2 Å². The lowest BCUT2D eigenvalue weighted by Gasteiger charge is -2.10. The van der Waals surface area contributed by atoms with Gasteiger partial charge in [-0.2, -0.15) is 0 Å². The minimum atomic E-state index is -0.149. The lowest BCUT2D eigenvalue weighted by molar-refractivity contribution is 0.214. The zero-order valence-electron chi connectivity index (χ0n) is 11.8. The maximum atomic E-state index is 11.5. The Morgan fingerprint density at radius 2 is 2.27 bits per heavy atom. The highest BCUT2D eigenvalue weighted by Crippen LogP contribution is 2.26. The number of hydrogen-bond donors (Lipinski definition) is 3. The van der Waals surface area contributed by atoms with Crippen LogP contribution in [0.1, 0.15) is 6.42 Å². The van der Waals surface area contributed by atoms with Gasteiger partial charge in [-0.3, -0.25) is 4.79 Å². The zero-order valence-corrected chi connectivity index (χ0v) is 11.8. The predicted molar refractivity (Wildman–Crippen MR) is 81.8 cm³/mol. The van der Waals surface area contributed by atoms with Crippen molar-refractivity contribution < 1.29 is 4.74 Å². The van der Waals surface area contributed by atoms with E-state index < -0.39 is 0 Å². The molecule has 0 amide bonds. The highest BCUT2D eigenvalue weighted by Gasteiger charge is 2.17. The van der Waals surface area contributed by atoms with Gasteiger partial charge in [0.1, 0.15) is 11.6 Å². The van der Waals surface area contributed by atoms with Gasteiger partial charge < -0.3 is 20.0 Å². The Balaban J connectivity index is 1.74. The maximum absolute atomic E-state index is 11.5. The van der Waals surface area contributed by atoms with Crippen LogP contribution in [0.3, 0.4) is 0 Å². The van der Waals surface area contributed by atoms with Crippen molar-refractivity contribution in [2.24, 2.45) is 0 Å². The van der Waals surface area contributed by atoms with Gasteiger partial charge in [0.15, 0.2) is 5.65 Å². The van der Waals surface area contributed by atoms with Gasteiger partial charge in [0.05, 0.1) is 6.20 Å². The largest absolute Gasteiger partial charge is 0.472 e. The van der Waals surface area contributed by atoms with Gasteiger partial charge in [-0.1, -0.05) is 0 Å². The summed E-state index contributed by atoms with van der Waals surface area (Å²) in [5.74, 6) is 0.506. The Morgan fingerprint density at radius 3 is 3.09 bits per heavy atom. The molecular formula is C15H15N5O2. The average molecular weight is 297 g/mol. The third-order valence-corrected chi connectivity index (χ3v) is 3.75. The lowest BCUT2D eigenvalue weighted by Crippen LogP contribution is -2.20. The molecule has 3 aromatic heterocycles. The van der Waals surface area contributed by atoms with E-state index >= 15 is 0 Å². The van der Waals surface area contributed by atoms with Crippen LogP contribution in [-0.2, 0) is 0 Å². The number of H-pyrrole nitrogens is 2. The van der Waals surface area contributed by atoms with Gasteiger partial charge in [-0.15, -0.1) is 0 Å². The van der Waals surface area contributed by atoms with Gasteiger partial charge in [0, 0.05) is 30.6 Å². The summed E-state index contributed by atoms with van der Waals surface area (Å²) >= 11 is 0. The summed E-state index contributed by atoms with van der Waals surface area (Å²) in [6, 6.07) is 3.37. The fourth-order valence-electron chi connectivity index (χ4n) is 2.66. The first kappa shape index (κ1) is 13.0. The molecule has 1 aliphatic heterocycles. The number of rotatable bonds is 3. The molecule has 22 heavy (non-hydrogen) atoms. The number of aromatic nitrogens is 4. The maximum Gasteiger partial charge on any atom is 0.248 e.